The van der Waals surface area contributed by atoms with Crippen LogP contribution < -0.4 is 10.6 Å². The van der Waals surface area contributed by atoms with Crippen molar-refractivity contribution in [2.24, 2.45) is 0 Å². The molecule has 2 aromatic rings. The highest BCUT2D eigenvalue weighted by molar-refractivity contribution is 5.93. The number of anilines is 2. The van der Waals surface area contributed by atoms with E-state index in [0.717, 1.165) is 44.2 Å². The molecule has 0 aromatic heterocycles. The molecule has 28 heavy (non-hydrogen) atoms. The van der Waals surface area contributed by atoms with Crippen LogP contribution in [0.1, 0.15) is 31.9 Å². The second-order valence-corrected chi connectivity index (χ2v) is 8.27. The number of rotatable bonds is 6. The Morgan fingerprint density at radius 2 is 1.71 bits per heavy atom. The van der Waals surface area contributed by atoms with E-state index in [9.17, 15) is 4.79 Å². The summed E-state index contributed by atoms with van der Waals surface area (Å²) in [5.74, 6) is -0.0512. The maximum atomic E-state index is 12.4. The summed E-state index contributed by atoms with van der Waals surface area (Å²) in [4.78, 5) is 14.7. The Balaban J connectivity index is 1.54. The second kappa shape index (κ2) is 9.22. The fraction of sp³-hybridized carbons (Fsp3) is 0.435. The monoisotopic (exact) mass is 381 g/mol. The first-order valence-electron chi connectivity index (χ1n) is 9.94. The van der Waals surface area contributed by atoms with Gasteiger partial charge in [0.05, 0.1) is 19.8 Å². The number of carbonyl (C=O) groups excluding carboxylic acids is 1. The zero-order chi connectivity index (χ0) is 20.0. The molecule has 0 spiro atoms. The molecule has 1 amide bonds. The maximum absolute atomic E-state index is 12.4. The van der Waals surface area contributed by atoms with Gasteiger partial charge in [-0.15, -0.1) is 0 Å². The molecule has 1 fully saturated rings. The molecule has 5 nitrogen and oxygen atoms in total. The SMILES string of the molecule is CC(C)(C)c1ccc(NC(=O)CNc2ccccc2CN2CCOCC2)cc1. The van der Waals surface area contributed by atoms with Crippen LogP contribution in [0.3, 0.4) is 0 Å². The molecule has 1 heterocycles. The van der Waals surface area contributed by atoms with Gasteiger partial charge < -0.3 is 15.4 Å². The van der Waals surface area contributed by atoms with Gasteiger partial charge in [0.15, 0.2) is 0 Å². The van der Waals surface area contributed by atoms with Crippen molar-refractivity contribution in [3.05, 3.63) is 59.7 Å². The van der Waals surface area contributed by atoms with E-state index >= 15 is 0 Å². The molecular weight excluding hydrogens is 350 g/mol. The van der Waals surface area contributed by atoms with Crippen LogP contribution in [0.15, 0.2) is 48.5 Å². The van der Waals surface area contributed by atoms with Crippen molar-refractivity contribution in [2.75, 3.05) is 43.5 Å². The van der Waals surface area contributed by atoms with Gasteiger partial charge in [0, 0.05) is 31.0 Å². The van der Waals surface area contributed by atoms with Gasteiger partial charge >= 0.3 is 0 Å². The molecule has 1 aliphatic rings. The van der Waals surface area contributed by atoms with Crippen molar-refractivity contribution in [1.82, 2.24) is 4.90 Å². The highest BCUT2D eigenvalue weighted by Crippen LogP contribution is 2.23. The summed E-state index contributed by atoms with van der Waals surface area (Å²) < 4.78 is 5.42. The second-order valence-electron chi connectivity index (χ2n) is 8.27. The van der Waals surface area contributed by atoms with E-state index in [2.05, 4.69) is 54.5 Å². The van der Waals surface area contributed by atoms with E-state index in [4.69, 9.17) is 4.74 Å². The standard InChI is InChI=1S/C23H31N3O2/c1-23(2,3)19-8-10-20(11-9-19)25-22(27)16-24-21-7-5-4-6-18(21)17-26-12-14-28-15-13-26/h4-11,24H,12-17H2,1-3H3,(H,25,27). The van der Waals surface area contributed by atoms with Crippen molar-refractivity contribution in [1.29, 1.82) is 0 Å². The molecule has 0 bridgehead atoms. The van der Waals surface area contributed by atoms with Crippen LogP contribution in [0, 0.1) is 0 Å². The van der Waals surface area contributed by atoms with Gasteiger partial charge in [0.2, 0.25) is 5.91 Å². The van der Waals surface area contributed by atoms with Crippen molar-refractivity contribution < 1.29 is 9.53 Å². The first-order chi connectivity index (χ1) is 13.4. The van der Waals surface area contributed by atoms with Gasteiger partial charge in [-0.25, -0.2) is 0 Å². The third-order valence-electron chi connectivity index (χ3n) is 4.99. The number of carbonyl (C=O) groups is 1. The molecule has 0 unspecified atom stereocenters. The van der Waals surface area contributed by atoms with Gasteiger partial charge in [0.25, 0.3) is 0 Å². The van der Waals surface area contributed by atoms with E-state index in [0.29, 0.717) is 0 Å². The van der Waals surface area contributed by atoms with Gasteiger partial charge in [0.1, 0.15) is 0 Å². The first kappa shape index (κ1) is 20.4. The number of benzene rings is 2. The Bertz CT molecular complexity index is 775. The Kier molecular flexibility index (Phi) is 6.70. The average molecular weight is 382 g/mol. The van der Waals surface area contributed by atoms with Crippen LogP contribution in [0.2, 0.25) is 0 Å². The topological polar surface area (TPSA) is 53.6 Å². The fourth-order valence-electron chi connectivity index (χ4n) is 3.27. The average Bonchev–Trinajstić information content (AvgIpc) is 2.68. The van der Waals surface area contributed by atoms with E-state index < -0.39 is 0 Å². The van der Waals surface area contributed by atoms with Crippen LogP contribution in [-0.4, -0.2) is 43.7 Å². The third kappa shape index (κ3) is 5.81. The zero-order valence-corrected chi connectivity index (χ0v) is 17.1. The summed E-state index contributed by atoms with van der Waals surface area (Å²) in [6, 6.07) is 16.2. The summed E-state index contributed by atoms with van der Waals surface area (Å²) in [5, 5.41) is 6.25. The van der Waals surface area contributed by atoms with E-state index in [1.165, 1.54) is 11.1 Å². The van der Waals surface area contributed by atoms with Crippen molar-refractivity contribution in [3.8, 4) is 0 Å². The molecule has 5 heteroatoms. The molecule has 1 saturated heterocycles. The first-order valence-corrected chi connectivity index (χ1v) is 9.94. The summed E-state index contributed by atoms with van der Waals surface area (Å²) in [7, 11) is 0. The van der Waals surface area contributed by atoms with Crippen molar-refractivity contribution >= 4 is 17.3 Å². The zero-order valence-electron chi connectivity index (χ0n) is 17.1. The Labute approximate surface area is 168 Å². The largest absolute Gasteiger partial charge is 0.379 e. The van der Waals surface area contributed by atoms with Crippen LogP contribution >= 0.6 is 0 Å². The number of nitrogens with zero attached hydrogens (tertiary/aromatic N) is 1. The molecule has 2 N–H and O–H groups in total. The van der Waals surface area contributed by atoms with E-state index in [1.54, 1.807) is 0 Å². The minimum absolute atomic E-state index is 0.0512. The maximum Gasteiger partial charge on any atom is 0.243 e. The molecule has 1 aliphatic heterocycles. The molecule has 150 valence electrons. The highest BCUT2D eigenvalue weighted by atomic mass is 16.5. The number of morpholine rings is 1. The Morgan fingerprint density at radius 1 is 1.04 bits per heavy atom. The Hall–Kier alpha value is -2.37. The fourth-order valence-corrected chi connectivity index (χ4v) is 3.27. The molecule has 0 saturated carbocycles. The molecule has 0 aliphatic carbocycles. The number of hydrogen-bond donors (Lipinski definition) is 2. The highest BCUT2D eigenvalue weighted by Gasteiger charge is 2.14. The normalized spacial score (nSPS) is 15.2. The molecule has 0 radical (unpaired) electrons. The van der Waals surface area contributed by atoms with Crippen LogP contribution in [0.25, 0.3) is 0 Å². The quantitative estimate of drug-likeness (QED) is 0.798. The smallest absolute Gasteiger partial charge is 0.243 e. The van der Waals surface area contributed by atoms with Gasteiger partial charge in [-0.3, -0.25) is 9.69 Å². The summed E-state index contributed by atoms with van der Waals surface area (Å²) >= 11 is 0. The van der Waals surface area contributed by atoms with E-state index in [-0.39, 0.29) is 17.9 Å². The third-order valence-corrected chi connectivity index (χ3v) is 4.99. The minimum atomic E-state index is -0.0512. The molecule has 3 rings (SSSR count). The number of nitrogens with one attached hydrogen (secondary N) is 2. The van der Waals surface area contributed by atoms with Gasteiger partial charge in [-0.2, -0.15) is 0 Å². The lowest BCUT2D eigenvalue weighted by molar-refractivity contribution is -0.114. The number of amides is 1. The number of para-hydroxylation sites is 1. The minimum Gasteiger partial charge on any atom is -0.379 e. The van der Waals surface area contributed by atoms with Crippen molar-refractivity contribution in [3.63, 3.8) is 0 Å². The summed E-state index contributed by atoms with van der Waals surface area (Å²) in [6.45, 7) is 11.1. The summed E-state index contributed by atoms with van der Waals surface area (Å²) in [5.41, 5.74) is 4.38. The summed E-state index contributed by atoms with van der Waals surface area (Å²) in [6.07, 6.45) is 0. The van der Waals surface area contributed by atoms with Crippen LogP contribution in [-0.2, 0) is 21.5 Å². The number of ether oxygens (including phenoxy) is 1. The molecule has 2 aromatic carbocycles. The molecule has 0 atom stereocenters. The predicted molar refractivity (Wildman–Crippen MR) is 115 cm³/mol. The van der Waals surface area contributed by atoms with Crippen LogP contribution in [0.5, 0.6) is 0 Å². The predicted octanol–water partition coefficient (Wildman–Crippen LogP) is 3.87. The lowest BCUT2D eigenvalue weighted by Crippen LogP contribution is -2.35. The Morgan fingerprint density at radius 3 is 2.39 bits per heavy atom. The van der Waals surface area contributed by atoms with E-state index in [1.807, 2.05) is 30.3 Å². The van der Waals surface area contributed by atoms with Crippen molar-refractivity contribution in [2.45, 2.75) is 32.7 Å². The lowest BCUT2D eigenvalue weighted by Gasteiger charge is -2.27. The molecular formula is C23H31N3O2. The van der Waals surface area contributed by atoms with Crippen LogP contribution in [0.4, 0.5) is 11.4 Å². The lowest BCUT2D eigenvalue weighted by atomic mass is 9.87. The van der Waals surface area contributed by atoms with Gasteiger partial charge in [-0.05, 0) is 34.7 Å². The van der Waals surface area contributed by atoms with Gasteiger partial charge in [-0.1, -0.05) is 51.1 Å². The number of hydrogen-bond acceptors (Lipinski definition) is 4.